The number of carbonyl (C=O) groups excluding carboxylic acids is 1. The number of aromatic amines is 1. The van der Waals surface area contributed by atoms with Crippen LogP contribution in [0, 0.1) is 12.7 Å². The summed E-state index contributed by atoms with van der Waals surface area (Å²) in [5.74, 6) is 0.568. The van der Waals surface area contributed by atoms with Gasteiger partial charge >= 0.3 is 0 Å². The van der Waals surface area contributed by atoms with Crippen LogP contribution in [0.15, 0.2) is 55.0 Å². The fourth-order valence-electron chi connectivity index (χ4n) is 2.99. The maximum Gasteiger partial charge on any atom is 0.267 e. The number of nitrogens with zero attached hydrogens (tertiary/aromatic N) is 4. The summed E-state index contributed by atoms with van der Waals surface area (Å²) in [5.41, 5.74) is 3.42. The van der Waals surface area contributed by atoms with Crippen LogP contribution in [-0.4, -0.2) is 30.6 Å². The Kier molecular flexibility index (Phi) is 5.25. The van der Waals surface area contributed by atoms with E-state index in [4.69, 9.17) is 0 Å². The lowest BCUT2D eigenvalue weighted by Crippen LogP contribution is -2.23. The summed E-state index contributed by atoms with van der Waals surface area (Å²) in [7, 11) is 1.82. The minimum absolute atomic E-state index is 0.232. The molecular weight excluding hydrogens is 385 g/mol. The molecule has 0 fully saturated rings. The Balaban J connectivity index is 1.49. The smallest absolute Gasteiger partial charge is 0.267 e. The van der Waals surface area contributed by atoms with Crippen molar-refractivity contribution in [1.82, 2.24) is 30.0 Å². The van der Waals surface area contributed by atoms with E-state index in [-0.39, 0.29) is 18.3 Å². The summed E-state index contributed by atoms with van der Waals surface area (Å²) >= 11 is 0. The quantitative estimate of drug-likeness (QED) is 0.457. The van der Waals surface area contributed by atoms with Gasteiger partial charge in [0.1, 0.15) is 17.3 Å². The molecule has 30 heavy (non-hydrogen) atoms. The topological polar surface area (TPSA) is 101 Å². The Morgan fingerprint density at radius 3 is 2.90 bits per heavy atom. The van der Waals surface area contributed by atoms with E-state index in [1.807, 2.05) is 20.0 Å². The minimum atomic E-state index is -0.335. The molecule has 4 aromatic rings. The normalized spacial score (nSPS) is 10.8. The number of aryl methyl sites for hydroxylation is 2. The predicted octanol–water partition coefficient (Wildman–Crippen LogP) is 3.33. The Bertz CT molecular complexity index is 1200. The number of nitrogens with one attached hydrogen (secondary N) is 3. The Labute approximate surface area is 172 Å². The third-order valence-corrected chi connectivity index (χ3v) is 4.58. The van der Waals surface area contributed by atoms with Gasteiger partial charge in [-0.1, -0.05) is 12.1 Å². The second-order valence-corrected chi connectivity index (χ2v) is 6.80. The zero-order valence-electron chi connectivity index (χ0n) is 16.5. The molecule has 0 saturated carbocycles. The van der Waals surface area contributed by atoms with E-state index in [0.29, 0.717) is 22.9 Å². The highest BCUT2D eigenvalue weighted by Gasteiger charge is 2.13. The van der Waals surface area contributed by atoms with E-state index < -0.39 is 0 Å². The molecule has 1 aromatic carbocycles. The number of H-pyrrole nitrogens is 1. The van der Waals surface area contributed by atoms with Gasteiger partial charge in [-0.15, -0.1) is 0 Å². The molecule has 1 amide bonds. The average Bonchev–Trinajstić information content (AvgIpc) is 3.37. The van der Waals surface area contributed by atoms with Gasteiger partial charge in [0, 0.05) is 37.6 Å². The highest BCUT2D eigenvalue weighted by molar-refractivity contribution is 5.93. The number of carbonyl (C=O) groups is 1. The van der Waals surface area contributed by atoms with Gasteiger partial charge in [0.25, 0.3) is 5.91 Å². The second-order valence-electron chi connectivity index (χ2n) is 6.80. The summed E-state index contributed by atoms with van der Waals surface area (Å²) in [5, 5.41) is 10.0. The highest BCUT2D eigenvalue weighted by Crippen LogP contribution is 2.24. The number of halogens is 1. The maximum atomic E-state index is 13.3. The lowest BCUT2D eigenvalue weighted by atomic mass is 10.1. The van der Waals surface area contributed by atoms with E-state index >= 15 is 0 Å². The van der Waals surface area contributed by atoms with Gasteiger partial charge in [-0.25, -0.2) is 14.4 Å². The zero-order chi connectivity index (χ0) is 21.1. The van der Waals surface area contributed by atoms with Crippen molar-refractivity contribution in [3.8, 4) is 11.3 Å². The fourth-order valence-corrected chi connectivity index (χ4v) is 2.99. The first-order valence-electron chi connectivity index (χ1n) is 9.30. The molecule has 0 radical (unpaired) electrons. The van der Waals surface area contributed by atoms with Crippen molar-refractivity contribution >= 4 is 17.7 Å². The maximum absolute atomic E-state index is 13.3. The molecule has 9 heteroatoms. The summed E-state index contributed by atoms with van der Waals surface area (Å²) in [4.78, 5) is 24.3. The second kappa shape index (κ2) is 8.16. The Morgan fingerprint density at radius 2 is 2.13 bits per heavy atom. The summed E-state index contributed by atoms with van der Waals surface area (Å²) in [6.45, 7) is 2.14. The third-order valence-electron chi connectivity index (χ3n) is 4.58. The largest absolute Gasteiger partial charge is 0.357 e. The molecule has 4 rings (SSSR count). The zero-order valence-corrected chi connectivity index (χ0v) is 16.5. The van der Waals surface area contributed by atoms with Gasteiger partial charge in [-0.3, -0.25) is 9.48 Å². The van der Waals surface area contributed by atoms with Crippen molar-refractivity contribution in [2.45, 2.75) is 13.5 Å². The van der Waals surface area contributed by atoms with Crippen molar-refractivity contribution in [2.24, 2.45) is 7.05 Å². The van der Waals surface area contributed by atoms with Crippen LogP contribution in [0.2, 0.25) is 0 Å². The Morgan fingerprint density at radius 1 is 1.27 bits per heavy atom. The lowest BCUT2D eigenvalue weighted by Gasteiger charge is -2.08. The molecule has 0 atom stereocenters. The molecule has 0 spiro atoms. The van der Waals surface area contributed by atoms with Crippen LogP contribution < -0.4 is 10.6 Å². The number of benzene rings is 1. The first-order chi connectivity index (χ1) is 14.5. The van der Waals surface area contributed by atoms with Gasteiger partial charge in [0.15, 0.2) is 0 Å². The van der Waals surface area contributed by atoms with Crippen LogP contribution in [0.5, 0.6) is 0 Å². The molecule has 0 saturated heterocycles. The van der Waals surface area contributed by atoms with Gasteiger partial charge in [-0.2, -0.15) is 5.10 Å². The minimum Gasteiger partial charge on any atom is -0.357 e. The summed E-state index contributed by atoms with van der Waals surface area (Å²) < 4.78 is 15.0. The van der Waals surface area contributed by atoms with Crippen LogP contribution >= 0.6 is 0 Å². The van der Waals surface area contributed by atoms with E-state index in [0.717, 1.165) is 16.9 Å². The molecule has 0 unspecified atom stereocenters. The first-order valence-corrected chi connectivity index (χ1v) is 9.30. The number of hydrogen-bond acceptors (Lipinski definition) is 5. The number of rotatable bonds is 6. The number of amides is 1. The molecule has 152 valence electrons. The van der Waals surface area contributed by atoms with Crippen molar-refractivity contribution in [1.29, 1.82) is 0 Å². The van der Waals surface area contributed by atoms with Crippen molar-refractivity contribution < 1.29 is 9.18 Å². The van der Waals surface area contributed by atoms with Crippen LogP contribution in [-0.2, 0) is 13.6 Å². The van der Waals surface area contributed by atoms with Gasteiger partial charge in [-0.05, 0) is 36.2 Å². The van der Waals surface area contributed by atoms with Gasteiger partial charge < -0.3 is 15.6 Å². The first kappa shape index (κ1) is 19.3. The molecule has 0 aliphatic rings. The summed E-state index contributed by atoms with van der Waals surface area (Å²) in [6, 6.07) is 9.67. The van der Waals surface area contributed by atoms with Crippen molar-refractivity contribution in [3.05, 3.63) is 77.6 Å². The van der Waals surface area contributed by atoms with Crippen molar-refractivity contribution in [3.63, 3.8) is 0 Å². The fraction of sp³-hybridized carbons (Fsp3) is 0.143. The molecular formula is C21H20FN7O. The standard InChI is InChI=1S/C21H20FN7O/c1-13-10-25-21(27-18-6-7-26-29(18)2)28-19(13)15-9-17(23-12-15)20(30)24-11-14-4-3-5-16(22)8-14/h3-10,12,23H,11H2,1-2H3,(H,24,30)(H,25,27,28). The van der Waals surface area contributed by atoms with Crippen LogP contribution in [0.4, 0.5) is 16.2 Å². The highest BCUT2D eigenvalue weighted by atomic mass is 19.1. The van der Waals surface area contributed by atoms with Crippen molar-refractivity contribution in [2.75, 3.05) is 5.32 Å². The Hall–Kier alpha value is -4.01. The van der Waals surface area contributed by atoms with Crippen LogP contribution in [0.25, 0.3) is 11.3 Å². The molecule has 3 N–H and O–H groups in total. The molecule has 3 heterocycles. The van der Waals surface area contributed by atoms with E-state index in [9.17, 15) is 9.18 Å². The van der Waals surface area contributed by atoms with E-state index in [2.05, 4.69) is 30.7 Å². The summed E-state index contributed by atoms with van der Waals surface area (Å²) in [6.07, 6.45) is 5.12. The number of anilines is 2. The number of aromatic nitrogens is 5. The predicted molar refractivity (Wildman–Crippen MR) is 111 cm³/mol. The monoisotopic (exact) mass is 405 g/mol. The lowest BCUT2D eigenvalue weighted by molar-refractivity contribution is 0.0946. The van der Waals surface area contributed by atoms with Crippen LogP contribution in [0.3, 0.4) is 0 Å². The van der Waals surface area contributed by atoms with Gasteiger partial charge in [0.2, 0.25) is 5.95 Å². The average molecular weight is 405 g/mol. The molecule has 8 nitrogen and oxygen atoms in total. The molecule has 0 aliphatic heterocycles. The van der Waals surface area contributed by atoms with Gasteiger partial charge in [0.05, 0.1) is 11.9 Å². The van der Waals surface area contributed by atoms with Crippen LogP contribution in [0.1, 0.15) is 21.6 Å². The third kappa shape index (κ3) is 4.19. The van der Waals surface area contributed by atoms with E-state index in [1.165, 1.54) is 12.1 Å². The molecule has 0 bridgehead atoms. The molecule has 3 aromatic heterocycles. The number of hydrogen-bond donors (Lipinski definition) is 3. The van der Waals surface area contributed by atoms with E-state index in [1.54, 1.807) is 41.5 Å². The SMILES string of the molecule is Cc1cnc(Nc2ccnn2C)nc1-c1c[nH]c(C(=O)NCc2cccc(F)c2)c1. The molecule has 0 aliphatic carbocycles.